The molecule has 0 aliphatic rings. The first-order valence-corrected chi connectivity index (χ1v) is 27.8. The number of rotatable bonds is 55. The Hall–Kier alpha value is -5.43. The number of unbranched alkanes of at least 4 members (excludes halogenated alkanes) is 10. The maximum atomic E-state index is 12.5. The van der Waals surface area contributed by atoms with Crippen molar-refractivity contribution >= 4 is 64.9 Å². The van der Waals surface area contributed by atoms with E-state index in [0.29, 0.717) is 38.6 Å². The standard InChI is InChI=1S/C54H92N4O19.H2O.H2/c1-3-18-40(46(61)4-2)19-15-16-29-55-47(62)28-26-45(54(72)73)58-49(64)27-23-41(52(68)69)37-43(60)38-76-35-34-75-32-30-56-50(65)39-77-36-33-74-31-17-20-42(59)24-25-44(53(70)71)57-48(63)21-13-11-9-7-5-6-8-10-12-14-22-51(66)67;;/h40-41,44-45H,3-39H2,1-2H3,(H,55,62)(H,56,65)(H,57,63)(H,58,64)(H,66,67)(H,68,69)(H,70,71)(H,72,73);1H2;1H/t40-,41?,44-,45-;;/m0../s1. The summed E-state index contributed by atoms with van der Waals surface area (Å²) in [7, 11) is 0. The van der Waals surface area contributed by atoms with E-state index in [0.717, 1.165) is 77.0 Å². The van der Waals surface area contributed by atoms with Crippen LogP contribution >= 0.6 is 0 Å². The van der Waals surface area contributed by atoms with Crippen LogP contribution in [0.4, 0.5) is 0 Å². The number of nitrogens with one attached hydrogen (secondary N) is 4. The number of amides is 4. The summed E-state index contributed by atoms with van der Waals surface area (Å²) in [4.78, 5) is 132. The van der Waals surface area contributed by atoms with Crippen molar-refractivity contribution in [1.29, 1.82) is 0 Å². The first-order valence-electron chi connectivity index (χ1n) is 27.8. The van der Waals surface area contributed by atoms with Gasteiger partial charge in [0.25, 0.3) is 0 Å². The summed E-state index contributed by atoms with van der Waals surface area (Å²) in [5, 5.41) is 47.6. The van der Waals surface area contributed by atoms with Crippen molar-refractivity contribution in [1.82, 2.24) is 21.3 Å². The summed E-state index contributed by atoms with van der Waals surface area (Å²) in [6.07, 6.45) is 13.6. The largest absolute Gasteiger partial charge is 0.481 e. The molecule has 0 bridgehead atoms. The third kappa shape index (κ3) is 44.5. The van der Waals surface area contributed by atoms with Crippen LogP contribution in [0.2, 0.25) is 0 Å². The highest BCUT2D eigenvalue weighted by Crippen LogP contribution is 2.18. The molecule has 0 aliphatic carbocycles. The van der Waals surface area contributed by atoms with E-state index in [-0.39, 0.29) is 147 Å². The minimum atomic E-state index is -1.38. The summed E-state index contributed by atoms with van der Waals surface area (Å²) < 4.78 is 21.4. The molecule has 4 atom stereocenters. The average molecular weight is 1120 g/mol. The van der Waals surface area contributed by atoms with E-state index < -0.39 is 72.5 Å². The van der Waals surface area contributed by atoms with Crippen molar-refractivity contribution in [2.24, 2.45) is 11.8 Å². The van der Waals surface area contributed by atoms with Gasteiger partial charge in [-0.1, -0.05) is 78.1 Å². The molecule has 4 amide bonds. The SMILES string of the molecule is CCC[C@@H](CCCCNC(=O)CC[C@H](NC(=O)CCC(CC(=O)COCCOCCNC(=O)COCCOCCCC(=O)CC[C@H](NC(=O)CCCCCCCCCCCCC(=O)O)C(=O)O)C(=O)O)C(=O)O)C(=O)CC.O.[HH]. The van der Waals surface area contributed by atoms with E-state index in [2.05, 4.69) is 21.3 Å². The molecule has 0 aromatic heterocycles. The van der Waals surface area contributed by atoms with Crippen molar-refractivity contribution in [2.75, 3.05) is 65.9 Å². The molecule has 0 aromatic rings. The lowest BCUT2D eigenvalue weighted by Gasteiger charge is -2.16. The number of carboxylic acid groups (broad SMARTS) is 4. The molecule has 0 saturated carbocycles. The molecule has 0 aromatic carbocycles. The molecule has 0 heterocycles. The number of ketones is 3. The van der Waals surface area contributed by atoms with Gasteiger partial charge in [0.1, 0.15) is 36.9 Å². The van der Waals surface area contributed by atoms with Gasteiger partial charge in [0.2, 0.25) is 23.6 Å². The predicted molar refractivity (Wildman–Crippen MR) is 287 cm³/mol. The molecule has 78 heavy (non-hydrogen) atoms. The van der Waals surface area contributed by atoms with Crippen molar-refractivity contribution in [3.05, 3.63) is 0 Å². The zero-order valence-electron chi connectivity index (χ0n) is 46.4. The monoisotopic (exact) mass is 1120 g/mol. The van der Waals surface area contributed by atoms with Crippen molar-refractivity contribution in [3.8, 4) is 0 Å². The van der Waals surface area contributed by atoms with Gasteiger partial charge in [0.05, 0.1) is 39.0 Å². The molecule has 0 radical (unpaired) electrons. The van der Waals surface area contributed by atoms with Gasteiger partial charge in [-0.25, -0.2) is 9.59 Å². The van der Waals surface area contributed by atoms with E-state index in [9.17, 15) is 68.1 Å². The molecule has 0 saturated heterocycles. The fraction of sp³-hybridized carbons (Fsp3) is 0.796. The highest BCUT2D eigenvalue weighted by atomic mass is 16.5. The maximum Gasteiger partial charge on any atom is 0.326 e. The summed E-state index contributed by atoms with van der Waals surface area (Å²) in [5.74, 6) is -8.13. The van der Waals surface area contributed by atoms with Crippen LogP contribution in [0.3, 0.4) is 0 Å². The summed E-state index contributed by atoms with van der Waals surface area (Å²) in [6.45, 7) is 4.54. The van der Waals surface area contributed by atoms with E-state index in [1.165, 1.54) is 0 Å². The average Bonchev–Trinajstić information content (AvgIpc) is 3.38. The van der Waals surface area contributed by atoms with E-state index in [1.807, 2.05) is 13.8 Å². The summed E-state index contributed by atoms with van der Waals surface area (Å²) >= 11 is 0. The van der Waals surface area contributed by atoms with Crippen LogP contribution in [0.5, 0.6) is 0 Å². The minimum absolute atomic E-state index is 0. The fourth-order valence-electron chi connectivity index (χ4n) is 8.09. The number of ether oxygens (including phenoxy) is 4. The summed E-state index contributed by atoms with van der Waals surface area (Å²) in [6, 6.07) is -2.52. The molecule has 0 rings (SSSR count). The second-order valence-corrected chi connectivity index (χ2v) is 19.2. The van der Waals surface area contributed by atoms with E-state index in [4.69, 9.17) is 24.1 Å². The highest BCUT2D eigenvalue weighted by Gasteiger charge is 2.26. The molecule has 0 spiro atoms. The molecule has 0 fully saturated rings. The molecule has 10 N–H and O–H groups in total. The van der Waals surface area contributed by atoms with Gasteiger partial charge in [-0.3, -0.25) is 43.2 Å². The van der Waals surface area contributed by atoms with E-state index in [1.54, 1.807) is 0 Å². The Balaban J connectivity index is -0.0000289. The first-order chi connectivity index (χ1) is 36.9. The second-order valence-electron chi connectivity index (χ2n) is 19.2. The third-order valence-corrected chi connectivity index (χ3v) is 12.5. The lowest BCUT2D eigenvalue weighted by molar-refractivity contribution is -0.145. The smallest absolute Gasteiger partial charge is 0.326 e. The molecule has 24 nitrogen and oxygen atoms in total. The second kappa shape index (κ2) is 49.8. The first kappa shape index (κ1) is 74.6. The normalized spacial score (nSPS) is 12.5. The van der Waals surface area contributed by atoms with Gasteiger partial charge in [-0.15, -0.1) is 0 Å². The van der Waals surface area contributed by atoms with Crippen LogP contribution in [-0.4, -0.2) is 169 Å². The lowest BCUT2D eigenvalue weighted by atomic mass is 9.91. The van der Waals surface area contributed by atoms with Gasteiger partial charge >= 0.3 is 23.9 Å². The fourth-order valence-corrected chi connectivity index (χ4v) is 8.09. The van der Waals surface area contributed by atoms with Crippen LogP contribution in [0.15, 0.2) is 0 Å². The zero-order valence-corrected chi connectivity index (χ0v) is 46.4. The van der Waals surface area contributed by atoms with Crippen LogP contribution in [0.1, 0.15) is 189 Å². The van der Waals surface area contributed by atoms with Gasteiger partial charge in [0, 0.05) is 78.4 Å². The topological polar surface area (TPSA) is 385 Å². The Kier molecular flexibility index (Phi) is 47.7. The van der Waals surface area contributed by atoms with Gasteiger partial charge < -0.3 is 66.1 Å². The molecule has 24 heteroatoms. The predicted octanol–water partition coefficient (Wildman–Crippen LogP) is 4.53. The van der Waals surface area contributed by atoms with Gasteiger partial charge in [0.15, 0.2) is 5.78 Å². The van der Waals surface area contributed by atoms with Crippen LogP contribution in [-0.2, 0) is 71.7 Å². The number of Topliss-reactive ketones (excluding diaryl/α,β-unsaturated/α-hetero) is 3. The molecule has 1 unspecified atom stereocenters. The molecular weight excluding hydrogens is 1020 g/mol. The lowest BCUT2D eigenvalue weighted by Crippen LogP contribution is -2.42. The van der Waals surface area contributed by atoms with Crippen molar-refractivity contribution in [2.45, 2.75) is 199 Å². The highest BCUT2D eigenvalue weighted by molar-refractivity contribution is 5.87. The Bertz CT molecular complexity index is 1760. The number of hydrogen-bond acceptors (Lipinski definition) is 15. The maximum absolute atomic E-state index is 12.5. The number of carbonyl (C=O) groups excluding carboxylic acids is 7. The van der Waals surface area contributed by atoms with Crippen molar-refractivity contribution < 1.29 is 99.0 Å². The van der Waals surface area contributed by atoms with Gasteiger partial charge in [-0.2, -0.15) is 0 Å². The quantitative estimate of drug-likeness (QED) is 0.0388. The Morgan fingerprint density at radius 3 is 1.49 bits per heavy atom. The number of hydrogen-bond donors (Lipinski definition) is 8. The Morgan fingerprint density at radius 2 is 0.923 bits per heavy atom. The molecule has 0 aliphatic heterocycles. The van der Waals surface area contributed by atoms with Crippen LogP contribution in [0, 0.1) is 11.8 Å². The Morgan fingerprint density at radius 1 is 0.410 bits per heavy atom. The van der Waals surface area contributed by atoms with Gasteiger partial charge in [-0.05, 0) is 57.8 Å². The minimum Gasteiger partial charge on any atom is -0.481 e. The molecule has 452 valence electrons. The number of carbonyl (C=O) groups is 11. The third-order valence-electron chi connectivity index (χ3n) is 12.5. The van der Waals surface area contributed by atoms with Crippen LogP contribution < -0.4 is 21.3 Å². The van der Waals surface area contributed by atoms with Crippen LogP contribution in [0.25, 0.3) is 0 Å². The zero-order chi connectivity index (χ0) is 57.5. The van der Waals surface area contributed by atoms with Crippen molar-refractivity contribution in [3.63, 3.8) is 0 Å². The number of aliphatic carboxylic acids is 4. The number of carboxylic acids is 4. The Labute approximate surface area is 461 Å². The molecular formula is C54H96N4O20. The van der Waals surface area contributed by atoms with E-state index >= 15 is 0 Å². The summed E-state index contributed by atoms with van der Waals surface area (Å²) in [5.41, 5.74) is 0.